The first-order valence-corrected chi connectivity index (χ1v) is 7.21. The van der Waals surface area contributed by atoms with Crippen LogP contribution in [0.1, 0.15) is 45.2 Å². The second kappa shape index (κ2) is 6.47. The lowest BCUT2D eigenvalue weighted by Crippen LogP contribution is -2.19. The molecular weight excluding hydrogens is 244 g/mol. The molecule has 2 heteroatoms. The lowest BCUT2D eigenvalue weighted by atomic mass is 9.78. The van der Waals surface area contributed by atoms with E-state index in [2.05, 4.69) is 39.8 Å². The van der Waals surface area contributed by atoms with Crippen LogP contribution in [-0.4, -0.2) is 13.0 Å². The molecule has 0 amide bonds. The van der Waals surface area contributed by atoms with Crippen molar-refractivity contribution in [1.82, 2.24) is 0 Å². The third-order valence-electron chi connectivity index (χ3n) is 3.76. The minimum absolute atomic E-state index is 0.176. The maximum atomic E-state index is 5.94. The maximum Gasteiger partial charge on any atom is 0.119 e. The van der Waals surface area contributed by atoms with Crippen LogP contribution >= 0.6 is 11.6 Å². The molecular formula is C16H25ClO. The smallest absolute Gasteiger partial charge is 0.119 e. The normalized spacial score (nSPS) is 13.4. The Kier molecular flexibility index (Phi) is 5.52. The summed E-state index contributed by atoms with van der Waals surface area (Å²) in [6, 6.07) is 6.42. The molecule has 0 bridgehead atoms. The number of benzene rings is 1. The molecule has 0 saturated heterocycles. The van der Waals surface area contributed by atoms with Gasteiger partial charge in [-0.3, -0.25) is 0 Å². The Bertz CT molecular complexity index is 385. The molecule has 0 heterocycles. The summed E-state index contributed by atoms with van der Waals surface area (Å²) in [5.41, 5.74) is 2.97. The van der Waals surface area contributed by atoms with Crippen LogP contribution in [0.4, 0.5) is 0 Å². The van der Waals surface area contributed by atoms with Crippen molar-refractivity contribution in [3.05, 3.63) is 29.3 Å². The van der Waals surface area contributed by atoms with Gasteiger partial charge in [-0.25, -0.2) is 0 Å². The zero-order chi connectivity index (χ0) is 13.8. The van der Waals surface area contributed by atoms with E-state index in [1.807, 2.05) is 6.07 Å². The third-order valence-corrected chi connectivity index (χ3v) is 4.29. The number of halogens is 1. The van der Waals surface area contributed by atoms with Crippen molar-refractivity contribution >= 4 is 11.6 Å². The number of alkyl halides is 1. The maximum absolute atomic E-state index is 5.94. The highest BCUT2D eigenvalue weighted by Gasteiger charge is 2.22. The fourth-order valence-corrected chi connectivity index (χ4v) is 2.22. The van der Waals surface area contributed by atoms with Gasteiger partial charge >= 0.3 is 0 Å². The topological polar surface area (TPSA) is 9.23 Å². The molecule has 102 valence electrons. The summed E-state index contributed by atoms with van der Waals surface area (Å²) in [5.74, 6) is 2.15. The lowest BCUT2D eigenvalue weighted by molar-refractivity contribution is 0.410. The van der Waals surface area contributed by atoms with Gasteiger partial charge < -0.3 is 4.74 Å². The Labute approximate surface area is 116 Å². The van der Waals surface area contributed by atoms with Gasteiger partial charge in [-0.05, 0) is 47.4 Å². The van der Waals surface area contributed by atoms with Crippen molar-refractivity contribution in [2.75, 3.05) is 13.0 Å². The summed E-state index contributed by atoms with van der Waals surface area (Å²) >= 11 is 5.94. The molecule has 1 nitrogen and oxygen atoms in total. The average Bonchev–Trinajstić information content (AvgIpc) is 2.38. The summed E-state index contributed by atoms with van der Waals surface area (Å²) in [6.07, 6.45) is 2.15. The monoisotopic (exact) mass is 268 g/mol. The second-order valence-electron chi connectivity index (χ2n) is 5.72. The van der Waals surface area contributed by atoms with Crippen LogP contribution in [0.3, 0.4) is 0 Å². The predicted octanol–water partition coefficient (Wildman–Crippen LogP) is 4.80. The van der Waals surface area contributed by atoms with E-state index in [9.17, 15) is 0 Å². The molecule has 1 atom stereocenters. The van der Waals surface area contributed by atoms with Crippen molar-refractivity contribution in [2.45, 2.75) is 46.0 Å². The molecule has 0 saturated carbocycles. The van der Waals surface area contributed by atoms with E-state index in [0.29, 0.717) is 11.8 Å². The summed E-state index contributed by atoms with van der Waals surface area (Å²) < 4.78 is 5.35. The van der Waals surface area contributed by atoms with Crippen LogP contribution in [0.5, 0.6) is 5.75 Å². The molecule has 18 heavy (non-hydrogen) atoms. The number of ether oxygens (including phenoxy) is 1. The van der Waals surface area contributed by atoms with Gasteiger partial charge in [0.05, 0.1) is 7.11 Å². The van der Waals surface area contributed by atoms with Crippen LogP contribution in [-0.2, 0) is 11.8 Å². The Hall–Kier alpha value is -0.690. The second-order valence-corrected chi connectivity index (χ2v) is 6.03. The van der Waals surface area contributed by atoms with Gasteiger partial charge in [-0.1, -0.05) is 33.8 Å². The Morgan fingerprint density at radius 1 is 1.33 bits per heavy atom. The fraction of sp³-hybridized carbons (Fsp3) is 0.625. The first-order valence-electron chi connectivity index (χ1n) is 6.68. The van der Waals surface area contributed by atoms with Gasteiger partial charge in [0, 0.05) is 5.88 Å². The molecule has 1 rings (SSSR count). The quantitative estimate of drug-likeness (QED) is 0.674. The SMILES string of the molecule is CCC(C)(C)c1cc(OC)ccc1CC(C)CCl. The van der Waals surface area contributed by atoms with Crippen molar-refractivity contribution in [3.63, 3.8) is 0 Å². The summed E-state index contributed by atoms with van der Waals surface area (Å²) in [6.45, 7) is 9.00. The molecule has 1 aromatic rings. The number of hydrogen-bond acceptors (Lipinski definition) is 1. The fourth-order valence-electron chi connectivity index (χ4n) is 2.11. The van der Waals surface area contributed by atoms with Gasteiger partial charge in [0.25, 0.3) is 0 Å². The Morgan fingerprint density at radius 2 is 2.00 bits per heavy atom. The molecule has 0 fully saturated rings. The Morgan fingerprint density at radius 3 is 2.50 bits per heavy atom. The van der Waals surface area contributed by atoms with Crippen molar-refractivity contribution in [2.24, 2.45) is 5.92 Å². The lowest BCUT2D eigenvalue weighted by Gasteiger charge is -2.27. The Balaban J connectivity index is 3.16. The number of methoxy groups -OCH3 is 1. The highest BCUT2D eigenvalue weighted by Crippen LogP contribution is 2.33. The largest absolute Gasteiger partial charge is 0.497 e. The average molecular weight is 269 g/mol. The van der Waals surface area contributed by atoms with Crippen molar-refractivity contribution in [1.29, 1.82) is 0 Å². The van der Waals surface area contributed by atoms with Gasteiger partial charge in [-0.2, -0.15) is 0 Å². The van der Waals surface area contributed by atoms with E-state index >= 15 is 0 Å². The van der Waals surface area contributed by atoms with Crippen molar-refractivity contribution < 1.29 is 4.74 Å². The molecule has 0 aliphatic rings. The predicted molar refractivity (Wildman–Crippen MR) is 79.9 cm³/mol. The standard InChI is InChI=1S/C16H25ClO/c1-6-16(3,4)15-10-14(18-5)8-7-13(15)9-12(2)11-17/h7-8,10,12H,6,9,11H2,1-5H3. The zero-order valence-corrected chi connectivity index (χ0v) is 13.0. The van der Waals surface area contributed by atoms with Crippen LogP contribution in [0.15, 0.2) is 18.2 Å². The van der Waals surface area contributed by atoms with E-state index in [1.54, 1.807) is 7.11 Å². The van der Waals surface area contributed by atoms with Gasteiger partial charge in [-0.15, -0.1) is 11.6 Å². The first-order chi connectivity index (χ1) is 8.44. The van der Waals surface area contributed by atoms with Crippen LogP contribution < -0.4 is 4.74 Å². The summed E-state index contributed by atoms with van der Waals surface area (Å²) in [4.78, 5) is 0. The molecule has 0 radical (unpaired) electrons. The highest BCUT2D eigenvalue weighted by atomic mass is 35.5. The third kappa shape index (κ3) is 3.65. The van der Waals surface area contributed by atoms with Crippen LogP contribution in [0.2, 0.25) is 0 Å². The molecule has 1 unspecified atom stereocenters. The van der Waals surface area contributed by atoms with Crippen LogP contribution in [0.25, 0.3) is 0 Å². The molecule has 1 aromatic carbocycles. The molecule has 0 aliphatic heterocycles. The van der Waals surface area contributed by atoms with Crippen molar-refractivity contribution in [3.8, 4) is 5.75 Å². The van der Waals surface area contributed by atoms with Gasteiger partial charge in [0.15, 0.2) is 0 Å². The van der Waals surface area contributed by atoms with E-state index < -0.39 is 0 Å². The minimum atomic E-state index is 0.176. The van der Waals surface area contributed by atoms with Crippen LogP contribution in [0, 0.1) is 5.92 Å². The van der Waals surface area contributed by atoms with E-state index in [-0.39, 0.29) is 5.41 Å². The first kappa shape index (κ1) is 15.4. The van der Waals surface area contributed by atoms with E-state index in [0.717, 1.165) is 18.6 Å². The summed E-state index contributed by atoms with van der Waals surface area (Å²) in [5, 5.41) is 0. The molecule has 0 N–H and O–H groups in total. The molecule has 0 spiro atoms. The van der Waals surface area contributed by atoms with Gasteiger partial charge in [0.1, 0.15) is 5.75 Å². The van der Waals surface area contributed by atoms with E-state index in [4.69, 9.17) is 16.3 Å². The van der Waals surface area contributed by atoms with Gasteiger partial charge in [0.2, 0.25) is 0 Å². The molecule has 0 aromatic heterocycles. The minimum Gasteiger partial charge on any atom is -0.497 e. The van der Waals surface area contributed by atoms with E-state index in [1.165, 1.54) is 11.1 Å². The summed E-state index contributed by atoms with van der Waals surface area (Å²) in [7, 11) is 1.72. The zero-order valence-electron chi connectivity index (χ0n) is 12.2. The molecule has 0 aliphatic carbocycles. The number of rotatable bonds is 6. The number of hydrogen-bond donors (Lipinski definition) is 0. The highest BCUT2D eigenvalue weighted by molar-refractivity contribution is 6.18.